The summed E-state index contributed by atoms with van der Waals surface area (Å²) in [5.74, 6) is 0.854. The Labute approximate surface area is 275 Å². The van der Waals surface area contributed by atoms with Gasteiger partial charge in [-0.3, -0.25) is 14.5 Å². The minimum absolute atomic E-state index is 0.0367. The lowest BCUT2D eigenvalue weighted by Crippen LogP contribution is -2.70. The van der Waals surface area contributed by atoms with Crippen LogP contribution in [0, 0.1) is 0 Å². The topological polar surface area (TPSA) is 103 Å². The van der Waals surface area contributed by atoms with E-state index in [9.17, 15) is 14.4 Å². The number of hydrogen-bond donors (Lipinski definition) is 1. The molecule has 2 atom stereocenters. The van der Waals surface area contributed by atoms with E-state index in [-0.39, 0.29) is 30.5 Å². The Hall–Kier alpha value is -3.52. The Balaban J connectivity index is 1.24. The van der Waals surface area contributed by atoms with E-state index in [0.717, 1.165) is 31.2 Å². The molecule has 2 aliphatic rings. The number of aryl methyl sites for hydroxylation is 1. The molecule has 0 spiro atoms. The molecule has 2 aliphatic heterocycles. The van der Waals surface area contributed by atoms with Crippen molar-refractivity contribution in [2.24, 2.45) is 7.05 Å². The van der Waals surface area contributed by atoms with Gasteiger partial charge in [0, 0.05) is 49.9 Å². The third kappa shape index (κ3) is 6.32. The first-order chi connectivity index (χ1) is 21.3. The van der Waals surface area contributed by atoms with Crippen molar-refractivity contribution in [1.82, 2.24) is 19.8 Å². The van der Waals surface area contributed by atoms with Crippen molar-refractivity contribution in [2.45, 2.75) is 29.3 Å². The summed E-state index contributed by atoms with van der Waals surface area (Å²) < 4.78 is 13.8. The number of ether oxygens (including phenoxy) is 2. The van der Waals surface area contributed by atoms with Crippen LogP contribution in [0.25, 0.3) is 11.4 Å². The number of fused-ring (bicyclic) bond motifs is 1. The van der Waals surface area contributed by atoms with Gasteiger partial charge in [0.25, 0.3) is 5.91 Å². The highest BCUT2D eigenvalue weighted by Gasteiger charge is 2.54. The summed E-state index contributed by atoms with van der Waals surface area (Å²) in [5.41, 5.74) is 1.94. The molecule has 2 amide bonds. The number of thiophene rings is 1. The molecule has 1 saturated heterocycles. The molecule has 0 unspecified atom stereocenters. The first-order valence-corrected chi connectivity index (χ1v) is 17.1. The van der Waals surface area contributed by atoms with Crippen molar-refractivity contribution >= 4 is 68.6 Å². The summed E-state index contributed by atoms with van der Waals surface area (Å²) in [5, 5.41) is 4.38. The SMILES string of the molecule is COc1ccc(COC(=O)C2=C(Sc3ccc(-c4nccn4C)c(Br)c3)CS[C@H]3[C@H](NC(=O)Cc4cccs4)C(=O)N23)cc1. The number of nitrogens with zero attached hydrogens (tertiary/aromatic N) is 3. The predicted octanol–water partition coefficient (Wildman–Crippen LogP) is 5.61. The molecular weight excluding hydrogens is 684 g/mol. The smallest absolute Gasteiger partial charge is 0.356 e. The van der Waals surface area contributed by atoms with Crippen LogP contribution in [0.2, 0.25) is 0 Å². The van der Waals surface area contributed by atoms with Gasteiger partial charge in [-0.15, -0.1) is 23.1 Å². The van der Waals surface area contributed by atoms with Gasteiger partial charge >= 0.3 is 5.97 Å². The minimum Gasteiger partial charge on any atom is -0.497 e. The number of imidazole rings is 1. The summed E-state index contributed by atoms with van der Waals surface area (Å²) >= 11 is 8.10. The number of hydrogen-bond acceptors (Lipinski definition) is 9. The highest BCUT2D eigenvalue weighted by Crippen LogP contribution is 2.46. The van der Waals surface area contributed by atoms with Gasteiger partial charge in [0.05, 0.1) is 13.5 Å². The number of β-lactam (4-membered cyclic amide) rings is 1. The molecule has 4 aromatic rings. The number of methoxy groups -OCH3 is 1. The van der Waals surface area contributed by atoms with E-state index >= 15 is 0 Å². The molecule has 0 saturated carbocycles. The Morgan fingerprint density at radius 2 is 2.00 bits per heavy atom. The second-order valence-electron chi connectivity index (χ2n) is 10.0. The molecule has 9 nitrogen and oxygen atoms in total. The van der Waals surface area contributed by atoms with Gasteiger partial charge < -0.3 is 19.4 Å². The molecule has 1 N–H and O–H groups in total. The van der Waals surface area contributed by atoms with Crippen molar-refractivity contribution < 1.29 is 23.9 Å². The van der Waals surface area contributed by atoms with Gasteiger partial charge in [-0.05, 0) is 63.3 Å². The van der Waals surface area contributed by atoms with E-state index in [4.69, 9.17) is 9.47 Å². The number of nitrogens with one attached hydrogen (secondary N) is 1. The molecule has 0 radical (unpaired) electrons. The first-order valence-electron chi connectivity index (χ1n) is 13.6. The number of esters is 1. The molecule has 2 aromatic heterocycles. The molecule has 6 rings (SSSR count). The fourth-order valence-corrected chi connectivity index (χ4v) is 8.82. The maximum Gasteiger partial charge on any atom is 0.356 e. The quantitative estimate of drug-likeness (QED) is 0.168. The Morgan fingerprint density at radius 1 is 1.18 bits per heavy atom. The lowest BCUT2D eigenvalue weighted by atomic mass is 10.0. The van der Waals surface area contributed by atoms with Gasteiger partial charge in [-0.2, -0.15) is 0 Å². The Morgan fingerprint density at radius 3 is 2.68 bits per heavy atom. The Bertz CT molecular complexity index is 1740. The molecule has 1 fully saturated rings. The van der Waals surface area contributed by atoms with Crippen LogP contribution in [0.15, 0.2) is 92.3 Å². The third-order valence-electron chi connectivity index (χ3n) is 7.13. The zero-order valence-corrected chi connectivity index (χ0v) is 27.7. The third-order valence-corrected chi connectivity index (χ3v) is 11.2. The molecule has 13 heteroatoms. The highest BCUT2D eigenvalue weighted by molar-refractivity contribution is 9.10. The van der Waals surface area contributed by atoms with E-state index in [1.807, 2.05) is 65.7 Å². The number of rotatable bonds is 10. The van der Waals surface area contributed by atoms with E-state index in [2.05, 4.69) is 26.2 Å². The largest absolute Gasteiger partial charge is 0.497 e. The van der Waals surface area contributed by atoms with Crippen molar-refractivity contribution in [1.29, 1.82) is 0 Å². The highest BCUT2D eigenvalue weighted by atomic mass is 79.9. The van der Waals surface area contributed by atoms with E-state index in [1.165, 1.54) is 39.8 Å². The summed E-state index contributed by atoms with van der Waals surface area (Å²) in [6.45, 7) is 0.0367. The normalized spacial score (nSPS) is 17.6. The number of aromatic nitrogens is 2. The lowest BCUT2D eigenvalue weighted by Gasteiger charge is -2.49. The molecular formula is C31H27BrN4O5S3. The maximum atomic E-state index is 13.7. The lowest BCUT2D eigenvalue weighted by molar-refractivity contribution is -0.153. The number of amides is 2. The molecule has 0 bridgehead atoms. The van der Waals surface area contributed by atoms with Crippen LogP contribution in [0.5, 0.6) is 5.75 Å². The number of benzene rings is 2. The maximum absolute atomic E-state index is 13.7. The van der Waals surface area contributed by atoms with E-state index in [0.29, 0.717) is 16.4 Å². The van der Waals surface area contributed by atoms with Gasteiger partial charge in [0.1, 0.15) is 35.3 Å². The molecule has 226 valence electrons. The number of thioether (sulfide) groups is 2. The van der Waals surface area contributed by atoms with Crippen LogP contribution < -0.4 is 10.1 Å². The molecule has 0 aliphatic carbocycles. The Kier molecular flexibility index (Phi) is 9.17. The number of carbonyl (C=O) groups excluding carboxylic acids is 3. The van der Waals surface area contributed by atoms with Crippen LogP contribution in [-0.4, -0.2) is 56.5 Å². The average molecular weight is 712 g/mol. The van der Waals surface area contributed by atoms with Crippen LogP contribution in [0.4, 0.5) is 0 Å². The van der Waals surface area contributed by atoms with E-state index in [1.54, 1.807) is 25.4 Å². The second kappa shape index (κ2) is 13.2. The van der Waals surface area contributed by atoms with Gasteiger partial charge in [-0.25, -0.2) is 9.78 Å². The van der Waals surface area contributed by atoms with Crippen LogP contribution in [0.3, 0.4) is 0 Å². The zero-order chi connectivity index (χ0) is 30.8. The summed E-state index contributed by atoms with van der Waals surface area (Å²) in [6, 6.07) is 16.2. The average Bonchev–Trinajstić information content (AvgIpc) is 3.70. The van der Waals surface area contributed by atoms with Crippen molar-refractivity contribution in [3.8, 4) is 17.1 Å². The first kappa shape index (κ1) is 30.5. The van der Waals surface area contributed by atoms with Crippen molar-refractivity contribution in [2.75, 3.05) is 12.9 Å². The van der Waals surface area contributed by atoms with Crippen LogP contribution in [-0.2, 0) is 39.2 Å². The summed E-state index contributed by atoms with van der Waals surface area (Å²) in [6.07, 6.45) is 3.84. The molecule has 44 heavy (non-hydrogen) atoms. The van der Waals surface area contributed by atoms with Crippen LogP contribution in [0.1, 0.15) is 10.4 Å². The molecule has 2 aromatic carbocycles. The van der Waals surface area contributed by atoms with Crippen molar-refractivity contribution in [3.05, 3.63) is 97.9 Å². The van der Waals surface area contributed by atoms with Gasteiger partial charge in [0.15, 0.2) is 0 Å². The van der Waals surface area contributed by atoms with Crippen molar-refractivity contribution in [3.63, 3.8) is 0 Å². The van der Waals surface area contributed by atoms with Gasteiger partial charge in [-0.1, -0.05) is 30.0 Å². The fraction of sp³-hybridized carbons (Fsp3) is 0.226. The van der Waals surface area contributed by atoms with E-state index < -0.39 is 17.4 Å². The second-order valence-corrected chi connectivity index (χ2v) is 14.2. The standard InChI is InChI=1S/C31H27BrN4O5S3/c1-35-12-11-33-28(35)22-10-9-21(14-23(22)32)44-24-17-43-30-26(34-25(37)15-20-4-3-13-42-20)29(38)36(30)27(24)31(39)41-16-18-5-7-19(40-2)8-6-18/h3-14,26,30H,15-17H2,1-2H3,(H,34,37)/t26-,30+/m1/s1. The minimum atomic E-state index is -0.713. The van der Waals surface area contributed by atoms with Crippen LogP contribution >= 0.6 is 50.8 Å². The summed E-state index contributed by atoms with van der Waals surface area (Å²) in [7, 11) is 3.52. The monoisotopic (exact) mass is 710 g/mol. The zero-order valence-electron chi connectivity index (χ0n) is 23.7. The number of carbonyl (C=O) groups is 3. The number of halogens is 1. The summed E-state index contributed by atoms with van der Waals surface area (Å²) in [4.78, 5) is 48.3. The predicted molar refractivity (Wildman–Crippen MR) is 175 cm³/mol. The fourth-order valence-electron chi connectivity index (χ4n) is 4.90. The molecule has 4 heterocycles. The van der Waals surface area contributed by atoms with Gasteiger partial charge in [0.2, 0.25) is 5.91 Å².